The SMILES string of the molecule is O=C(O)[C@H]1C[C@@H](O)CN1C(=O)NCC(F)F. The Balaban J connectivity index is 2.56. The fourth-order valence-electron chi connectivity index (χ4n) is 1.54. The van der Waals surface area contributed by atoms with E-state index in [1.54, 1.807) is 0 Å². The van der Waals surface area contributed by atoms with E-state index in [2.05, 4.69) is 0 Å². The molecule has 16 heavy (non-hydrogen) atoms. The Morgan fingerprint density at radius 2 is 2.12 bits per heavy atom. The fraction of sp³-hybridized carbons (Fsp3) is 0.750. The maximum atomic E-state index is 11.8. The van der Waals surface area contributed by atoms with Crippen LogP contribution in [-0.4, -0.2) is 58.8 Å². The Morgan fingerprint density at radius 3 is 2.62 bits per heavy atom. The number of carbonyl (C=O) groups is 2. The molecule has 1 rings (SSSR count). The number of aliphatic hydroxyl groups is 1. The first-order valence-corrected chi connectivity index (χ1v) is 4.65. The molecular formula is C8H12F2N2O4. The van der Waals surface area contributed by atoms with Crippen molar-refractivity contribution in [1.29, 1.82) is 0 Å². The van der Waals surface area contributed by atoms with Gasteiger partial charge in [0.2, 0.25) is 0 Å². The Bertz CT molecular complexity index is 287. The Morgan fingerprint density at radius 1 is 1.50 bits per heavy atom. The molecule has 0 aromatic heterocycles. The van der Waals surface area contributed by atoms with Crippen LogP contribution in [0, 0.1) is 0 Å². The van der Waals surface area contributed by atoms with Crippen molar-refractivity contribution in [2.24, 2.45) is 0 Å². The van der Waals surface area contributed by atoms with E-state index in [-0.39, 0.29) is 13.0 Å². The number of alkyl halides is 2. The maximum absolute atomic E-state index is 11.8. The highest BCUT2D eigenvalue weighted by Gasteiger charge is 2.38. The highest BCUT2D eigenvalue weighted by atomic mass is 19.3. The smallest absolute Gasteiger partial charge is 0.326 e. The first kappa shape index (κ1) is 12.6. The number of nitrogens with one attached hydrogen (secondary N) is 1. The molecule has 2 amide bonds. The third-order valence-corrected chi connectivity index (χ3v) is 2.23. The Hall–Kier alpha value is -1.44. The normalized spacial score (nSPS) is 24.9. The number of hydrogen-bond acceptors (Lipinski definition) is 3. The minimum atomic E-state index is -2.69. The van der Waals surface area contributed by atoms with Crippen LogP contribution < -0.4 is 5.32 Å². The number of amides is 2. The molecule has 8 heteroatoms. The van der Waals surface area contributed by atoms with Gasteiger partial charge in [-0.3, -0.25) is 0 Å². The van der Waals surface area contributed by atoms with Crippen LogP contribution in [0.4, 0.5) is 13.6 Å². The molecule has 3 N–H and O–H groups in total. The van der Waals surface area contributed by atoms with E-state index in [0.717, 1.165) is 4.90 Å². The molecule has 0 aromatic carbocycles. The molecule has 2 atom stereocenters. The van der Waals surface area contributed by atoms with Crippen molar-refractivity contribution >= 4 is 12.0 Å². The van der Waals surface area contributed by atoms with Gasteiger partial charge < -0.3 is 20.4 Å². The summed E-state index contributed by atoms with van der Waals surface area (Å²) < 4.78 is 23.6. The van der Waals surface area contributed by atoms with Gasteiger partial charge in [0.05, 0.1) is 12.6 Å². The summed E-state index contributed by atoms with van der Waals surface area (Å²) in [6.07, 6.45) is -3.71. The Labute approximate surface area is 89.8 Å². The van der Waals surface area contributed by atoms with E-state index in [1.807, 2.05) is 5.32 Å². The van der Waals surface area contributed by atoms with Crippen LogP contribution in [0.25, 0.3) is 0 Å². The molecule has 1 saturated heterocycles. The van der Waals surface area contributed by atoms with E-state index in [9.17, 15) is 23.5 Å². The van der Waals surface area contributed by atoms with E-state index in [0.29, 0.717) is 0 Å². The zero-order valence-corrected chi connectivity index (χ0v) is 8.27. The van der Waals surface area contributed by atoms with E-state index in [4.69, 9.17) is 5.11 Å². The van der Waals surface area contributed by atoms with Crippen LogP contribution in [-0.2, 0) is 4.79 Å². The molecule has 0 spiro atoms. The number of nitrogens with zero attached hydrogens (tertiary/aromatic N) is 1. The van der Waals surface area contributed by atoms with Gasteiger partial charge in [0.15, 0.2) is 0 Å². The Kier molecular flexibility index (Phi) is 3.99. The standard InChI is InChI=1S/C8H12F2N2O4/c9-6(10)2-11-8(16)12-3-4(13)1-5(12)7(14)15/h4-6,13H,1-3H2,(H,11,16)(H,14,15)/t4-,5-/m1/s1. The third-order valence-electron chi connectivity index (χ3n) is 2.23. The summed E-state index contributed by atoms with van der Waals surface area (Å²) in [4.78, 5) is 22.9. The third kappa shape index (κ3) is 3.02. The highest BCUT2D eigenvalue weighted by molar-refractivity contribution is 5.83. The number of urea groups is 1. The summed E-state index contributed by atoms with van der Waals surface area (Å²) >= 11 is 0. The monoisotopic (exact) mass is 238 g/mol. The van der Waals surface area contributed by atoms with Crippen LogP contribution in [0.3, 0.4) is 0 Å². The quantitative estimate of drug-likeness (QED) is 0.617. The van der Waals surface area contributed by atoms with Gasteiger partial charge in [-0.2, -0.15) is 0 Å². The average Bonchev–Trinajstić information content (AvgIpc) is 2.56. The topological polar surface area (TPSA) is 89.9 Å². The predicted molar refractivity (Wildman–Crippen MR) is 48.2 cm³/mol. The molecule has 6 nitrogen and oxygen atoms in total. The molecule has 1 heterocycles. The van der Waals surface area contributed by atoms with Crippen molar-refractivity contribution in [2.45, 2.75) is 25.0 Å². The lowest BCUT2D eigenvalue weighted by atomic mass is 10.2. The summed E-state index contributed by atoms with van der Waals surface area (Å²) in [5, 5.41) is 19.9. The van der Waals surface area contributed by atoms with Gasteiger partial charge in [0, 0.05) is 13.0 Å². The van der Waals surface area contributed by atoms with Crippen molar-refractivity contribution in [3.05, 3.63) is 0 Å². The van der Waals surface area contributed by atoms with Crippen molar-refractivity contribution < 1.29 is 28.6 Å². The number of hydrogen-bond donors (Lipinski definition) is 3. The number of carbonyl (C=O) groups excluding carboxylic acids is 1. The number of likely N-dealkylation sites (tertiary alicyclic amines) is 1. The second-order valence-electron chi connectivity index (χ2n) is 3.47. The van der Waals surface area contributed by atoms with E-state index < -0.39 is 37.1 Å². The molecule has 1 fully saturated rings. The number of rotatable bonds is 3. The van der Waals surface area contributed by atoms with E-state index in [1.165, 1.54) is 0 Å². The lowest BCUT2D eigenvalue weighted by Gasteiger charge is -2.21. The molecule has 0 radical (unpaired) electrons. The molecular weight excluding hydrogens is 226 g/mol. The van der Waals surface area contributed by atoms with Crippen LogP contribution in [0.1, 0.15) is 6.42 Å². The summed E-state index contributed by atoms with van der Waals surface area (Å²) in [6, 6.07) is -2.06. The second kappa shape index (κ2) is 5.06. The molecule has 1 aliphatic heterocycles. The lowest BCUT2D eigenvalue weighted by Crippen LogP contribution is -2.47. The number of β-amino-alcohol motifs (C(OH)–C–C–N with tert-alkyl or cyclic N) is 1. The van der Waals surface area contributed by atoms with Gasteiger partial charge in [-0.15, -0.1) is 0 Å². The fourth-order valence-corrected chi connectivity index (χ4v) is 1.54. The predicted octanol–water partition coefficient (Wildman–Crippen LogP) is -0.519. The number of aliphatic hydroxyl groups excluding tert-OH is 1. The van der Waals surface area contributed by atoms with Gasteiger partial charge in [-0.1, -0.05) is 0 Å². The molecule has 0 aliphatic carbocycles. The molecule has 0 saturated carbocycles. The summed E-state index contributed by atoms with van der Waals surface area (Å²) in [6.45, 7) is -0.996. The maximum Gasteiger partial charge on any atom is 0.326 e. The largest absolute Gasteiger partial charge is 0.480 e. The molecule has 1 aliphatic rings. The van der Waals surface area contributed by atoms with Crippen molar-refractivity contribution in [2.75, 3.05) is 13.1 Å². The van der Waals surface area contributed by atoms with Crippen LogP contribution in [0.5, 0.6) is 0 Å². The first-order chi connectivity index (χ1) is 7.41. The first-order valence-electron chi connectivity index (χ1n) is 4.65. The minimum absolute atomic E-state index is 0.0859. The minimum Gasteiger partial charge on any atom is -0.480 e. The van der Waals surface area contributed by atoms with Crippen molar-refractivity contribution in [3.8, 4) is 0 Å². The lowest BCUT2D eigenvalue weighted by molar-refractivity contribution is -0.141. The molecule has 0 unspecified atom stereocenters. The zero-order chi connectivity index (χ0) is 12.3. The highest BCUT2D eigenvalue weighted by Crippen LogP contribution is 2.18. The van der Waals surface area contributed by atoms with Crippen LogP contribution in [0.15, 0.2) is 0 Å². The summed E-state index contributed by atoms with van der Waals surface area (Å²) in [5.41, 5.74) is 0. The second-order valence-corrected chi connectivity index (χ2v) is 3.47. The van der Waals surface area contributed by atoms with Gasteiger partial charge in [0.25, 0.3) is 6.43 Å². The molecule has 92 valence electrons. The summed E-state index contributed by atoms with van der Waals surface area (Å²) in [7, 11) is 0. The number of halogens is 2. The number of carboxylic acids is 1. The van der Waals surface area contributed by atoms with Gasteiger partial charge in [0.1, 0.15) is 6.04 Å². The zero-order valence-electron chi connectivity index (χ0n) is 8.27. The van der Waals surface area contributed by atoms with Crippen LogP contribution in [0.2, 0.25) is 0 Å². The van der Waals surface area contributed by atoms with Crippen LogP contribution >= 0.6 is 0 Å². The molecule has 0 bridgehead atoms. The van der Waals surface area contributed by atoms with Crippen molar-refractivity contribution in [1.82, 2.24) is 10.2 Å². The van der Waals surface area contributed by atoms with Gasteiger partial charge >= 0.3 is 12.0 Å². The van der Waals surface area contributed by atoms with E-state index >= 15 is 0 Å². The number of carboxylic acid groups (broad SMARTS) is 1. The van der Waals surface area contributed by atoms with Gasteiger partial charge in [-0.25, -0.2) is 18.4 Å². The number of aliphatic carboxylic acids is 1. The summed E-state index contributed by atoms with van der Waals surface area (Å²) in [5.74, 6) is -1.26. The van der Waals surface area contributed by atoms with Gasteiger partial charge in [-0.05, 0) is 0 Å². The average molecular weight is 238 g/mol. The molecule has 0 aromatic rings. The van der Waals surface area contributed by atoms with Crippen molar-refractivity contribution in [3.63, 3.8) is 0 Å².